The van der Waals surface area contributed by atoms with Gasteiger partial charge in [0.2, 0.25) is 5.91 Å². The number of nitrogens with two attached hydrogens (primary N) is 1. The monoisotopic (exact) mass is 408 g/mol. The van der Waals surface area contributed by atoms with Crippen LogP contribution in [0.3, 0.4) is 0 Å². The van der Waals surface area contributed by atoms with Gasteiger partial charge in [0.05, 0.1) is 18.7 Å². The zero-order valence-corrected chi connectivity index (χ0v) is 16.9. The Morgan fingerprint density at radius 2 is 1.97 bits per heavy atom. The number of likely N-dealkylation sites (tertiary alicyclic amines) is 1. The Bertz CT molecular complexity index is 1070. The number of carbonyl (C=O) groups excluding carboxylic acids is 1. The standard InChI is InChI=1S/C23H25FN4O2/c1-27-9-7-18(8-10-27)28-14-17(13-26-28)20-11-15(5-6-16(20)12-22(25)29)19-3-2-4-21(24)23(19)30/h2-6,11,13-14,18,30H,7-10,12H2,1H3,(H2,25,29). The largest absolute Gasteiger partial charge is 0.504 e. The molecule has 0 spiro atoms. The highest BCUT2D eigenvalue weighted by Crippen LogP contribution is 2.35. The van der Waals surface area contributed by atoms with Crippen LogP contribution in [0.5, 0.6) is 5.75 Å². The first-order chi connectivity index (χ1) is 14.4. The summed E-state index contributed by atoms with van der Waals surface area (Å²) >= 11 is 0. The second-order valence-corrected chi connectivity index (χ2v) is 7.89. The molecule has 2 heterocycles. The lowest BCUT2D eigenvalue weighted by atomic mass is 9.94. The topological polar surface area (TPSA) is 84.4 Å². The predicted octanol–water partition coefficient (Wildman–Crippen LogP) is 3.36. The fourth-order valence-electron chi connectivity index (χ4n) is 4.04. The van der Waals surface area contributed by atoms with Crippen LogP contribution in [0.4, 0.5) is 4.39 Å². The molecule has 0 saturated carbocycles. The molecule has 6 nitrogen and oxygen atoms in total. The van der Waals surface area contributed by atoms with E-state index >= 15 is 0 Å². The van der Waals surface area contributed by atoms with E-state index < -0.39 is 17.5 Å². The van der Waals surface area contributed by atoms with Crippen molar-refractivity contribution in [2.75, 3.05) is 20.1 Å². The SMILES string of the molecule is CN1CCC(n2cc(-c3cc(-c4cccc(F)c4O)ccc3CC(N)=O)cn2)CC1. The smallest absolute Gasteiger partial charge is 0.221 e. The van der Waals surface area contributed by atoms with E-state index in [1.165, 1.54) is 6.07 Å². The number of primary amides is 1. The number of halogens is 1. The molecule has 0 bridgehead atoms. The number of hydrogen-bond donors (Lipinski definition) is 2. The molecule has 0 unspecified atom stereocenters. The van der Waals surface area contributed by atoms with Crippen molar-refractivity contribution in [3.63, 3.8) is 0 Å². The van der Waals surface area contributed by atoms with Gasteiger partial charge in [0.25, 0.3) is 0 Å². The number of rotatable bonds is 5. The summed E-state index contributed by atoms with van der Waals surface area (Å²) in [5.41, 5.74) is 8.93. The molecule has 1 aliphatic heterocycles. The van der Waals surface area contributed by atoms with Crippen molar-refractivity contribution >= 4 is 5.91 Å². The van der Waals surface area contributed by atoms with Gasteiger partial charge in [-0.15, -0.1) is 0 Å². The number of nitrogens with zero attached hydrogens (tertiary/aromatic N) is 3. The Kier molecular flexibility index (Phi) is 5.55. The third-order valence-corrected chi connectivity index (χ3v) is 5.75. The van der Waals surface area contributed by atoms with Gasteiger partial charge in [0.1, 0.15) is 0 Å². The average molecular weight is 408 g/mol. The summed E-state index contributed by atoms with van der Waals surface area (Å²) in [6.45, 7) is 2.06. The first kappa shape index (κ1) is 20.1. The molecule has 156 valence electrons. The second-order valence-electron chi connectivity index (χ2n) is 7.89. The molecular weight excluding hydrogens is 383 g/mol. The molecule has 0 radical (unpaired) electrons. The minimum atomic E-state index is -0.676. The molecule has 1 fully saturated rings. The van der Waals surface area contributed by atoms with Crippen molar-refractivity contribution in [3.8, 4) is 28.0 Å². The third-order valence-electron chi connectivity index (χ3n) is 5.75. The highest BCUT2D eigenvalue weighted by atomic mass is 19.1. The van der Waals surface area contributed by atoms with Gasteiger partial charge in [0, 0.05) is 17.3 Å². The first-order valence-electron chi connectivity index (χ1n) is 10.0. The molecule has 7 heteroatoms. The quantitative estimate of drug-likeness (QED) is 0.678. The number of piperidine rings is 1. The minimum Gasteiger partial charge on any atom is -0.504 e. The minimum absolute atomic E-state index is 0.0874. The predicted molar refractivity (Wildman–Crippen MR) is 113 cm³/mol. The molecule has 4 rings (SSSR count). The lowest BCUT2D eigenvalue weighted by Crippen LogP contribution is -2.31. The molecule has 1 aromatic heterocycles. The Hall–Kier alpha value is -3.19. The van der Waals surface area contributed by atoms with Crippen LogP contribution in [0.2, 0.25) is 0 Å². The van der Waals surface area contributed by atoms with Crippen molar-refractivity contribution in [3.05, 3.63) is 60.2 Å². The van der Waals surface area contributed by atoms with Crippen molar-refractivity contribution < 1.29 is 14.3 Å². The fraction of sp³-hybridized carbons (Fsp3) is 0.304. The summed E-state index contributed by atoms with van der Waals surface area (Å²) in [6.07, 6.45) is 5.93. The van der Waals surface area contributed by atoms with Crippen LogP contribution < -0.4 is 5.73 Å². The Morgan fingerprint density at radius 3 is 2.70 bits per heavy atom. The summed E-state index contributed by atoms with van der Waals surface area (Å²) in [5.74, 6) is -1.50. The number of amides is 1. The number of phenolic OH excluding ortho intramolecular Hbond substituents is 1. The maximum Gasteiger partial charge on any atom is 0.221 e. The van der Waals surface area contributed by atoms with Crippen molar-refractivity contribution in [1.82, 2.24) is 14.7 Å². The first-order valence-corrected chi connectivity index (χ1v) is 10.0. The molecule has 3 N–H and O–H groups in total. The number of hydrogen-bond acceptors (Lipinski definition) is 4. The van der Waals surface area contributed by atoms with Crippen LogP contribution in [-0.4, -0.2) is 45.8 Å². The van der Waals surface area contributed by atoms with Gasteiger partial charge >= 0.3 is 0 Å². The van der Waals surface area contributed by atoms with Gasteiger partial charge in [-0.25, -0.2) is 4.39 Å². The van der Waals surface area contributed by atoms with E-state index in [1.54, 1.807) is 30.5 Å². The molecule has 1 amide bonds. The van der Waals surface area contributed by atoms with Crippen molar-refractivity contribution in [1.29, 1.82) is 0 Å². The van der Waals surface area contributed by atoms with Gasteiger partial charge in [0.15, 0.2) is 11.6 Å². The molecule has 1 saturated heterocycles. The number of phenols is 1. The van der Waals surface area contributed by atoms with Gasteiger partial charge in [-0.05, 0) is 61.8 Å². The number of aromatic hydroxyl groups is 1. The van der Waals surface area contributed by atoms with Gasteiger partial charge in [-0.1, -0.05) is 24.3 Å². The Morgan fingerprint density at radius 1 is 1.20 bits per heavy atom. The maximum atomic E-state index is 13.8. The Balaban J connectivity index is 1.73. The van der Waals surface area contributed by atoms with Crippen LogP contribution in [0.1, 0.15) is 24.4 Å². The summed E-state index contributed by atoms with van der Waals surface area (Å²) < 4.78 is 15.8. The normalized spacial score (nSPS) is 15.4. The zero-order chi connectivity index (χ0) is 21.3. The lowest BCUT2D eigenvalue weighted by Gasteiger charge is -2.29. The molecule has 2 aromatic carbocycles. The van der Waals surface area contributed by atoms with Crippen molar-refractivity contribution in [2.45, 2.75) is 25.3 Å². The van der Waals surface area contributed by atoms with E-state index in [0.717, 1.165) is 42.6 Å². The van der Waals surface area contributed by atoms with Crippen LogP contribution >= 0.6 is 0 Å². The number of aromatic nitrogens is 2. The summed E-state index contributed by atoms with van der Waals surface area (Å²) in [5, 5.41) is 14.7. The molecule has 0 atom stereocenters. The van der Waals surface area contributed by atoms with Crippen LogP contribution in [-0.2, 0) is 11.2 Å². The zero-order valence-electron chi connectivity index (χ0n) is 16.9. The highest BCUT2D eigenvalue weighted by Gasteiger charge is 2.20. The maximum absolute atomic E-state index is 13.8. The lowest BCUT2D eigenvalue weighted by molar-refractivity contribution is -0.117. The van der Waals surface area contributed by atoms with Crippen LogP contribution in [0, 0.1) is 5.82 Å². The molecule has 30 heavy (non-hydrogen) atoms. The number of para-hydroxylation sites is 1. The average Bonchev–Trinajstić information content (AvgIpc) is 3.21. The second kappa shape index (κ2) is 8.28. The third kappa shape index (κ3) is 4.07. The van der Waals surface area contributed by atoms with E-state index in [4.69, 9.17) is 5.73 Å². The van der Waals surface area contributed by atoms with E-state index in [1.807, 2.05) is 16.9 Å². The number of carbonyl (C=O) groups is 1. The van der Waals surface area contributed by atoms with E-state index in [0.29, 0.717) is 17.2 Å². The molecule has 0 aliphatic carbocycles. The van der Waals surface area contributed by atoms with Gasteiger partial charge in [-0.2, -0.15) is 5.10 Å². The molecular formula is C23H25FN4O2. The Labute approximate surface area is 174 Å². The molecule has 3 aromatic rings. The van der Waals surface area contributed by atoms with Crippen LogP contribution in [0.15, 0.2) is 48.8 Å². The summed E-state index contributed by atoms with van der Waals surface area (Å²) in [6, 6.07) is 10.2. The van der Waals surface area contributed by atoms with E-state index in [2.05, 4.69) is 17.0 Å². The van der Waals surface area contributed by atoms with Gasteiger partial charge in [-0.3, -0.25) is 9.48 Å². The van der Waals surface area contributed by atoms with Gasteiger partial charge < -0.3 is 15.7 Å². The summed E-state index contributed by atoms with van der Waals surface area (Å²) in [7, 11) is 2.12. The van der Waals surface area contributed by atoms with E-state index in [9.17, 15) is 14.3 Å². The van der Waals surface area contributed by atoms with E-state index in [-0.39, 0.29) is 6.42 Å². The summed E-state index contributed by atoms with van der Waals surface area (Å²) in [4.78, 5) is 13.9. The van der Waals surface area contributed by atoms with Crippen LogP contribution in [0.25, 0.3) is 22.3 Å². The number of benzene rings is 2. The molecule has 1 aliphatic rings. The highest BCUT2D eigenvalue weighted by molar-refractivity contribution is 5.83. The fourth-order valence-corrected chi connectivity index (χ4v) is 4.04. The van der Waals surface area contributed by atoms with Crippen molar-refractivity contribution in [2.24, 2.45) is 5.73 Å².